The highest BCUT2D eigenvalue weighted by atomic mass is 32.2. The van der Waals surface area contributed by atoms with Crippen molar-refractivity contribution >= 4 is 34.3 Å². The molecule has 34 heavy (non-hydrogen) atoms. The summed E-state index contributed by atoms with van der Waals surface area (Å²) in [4.78, 5) is 30.9. The molecule has 0 aliphatic carbocycles. The summed E-state index contributed by atoms with van der Waals surface area (Å²) in [6.07, 6.45) is 0. The lowest BCUT2D eigenvalue weighted by molar-refractivity contribution is -0.113. The molecule has 0 spiro atoms. The second-order valence-electron chi connectivity index (χ2n) is 8.04. The Bertz CT molecular complexity index is 1460. The zero-order valence-electron chi connectivity index (χ0n) is 18.8. The van der Waals surface area contributed by atoms with Gasteiger partial charge in [-0.25, -0.2) is 4.98 Å². The monoisotopic (exact) mass is 473 g/mol. The summed E-state index contributed by atoms with van der Waals surface area (Å²) in [7, 11) is 0. The van der Waals surface area contributed by atoms with Gasteiger partial charge in [-0.05, 0) is 55.3 Å². The van der Waals surface area contributed by atoms with E-state index < -0.39 is 0 Å². The minimum atomic E-state index is -0.211. The lowest BCUT2D eigenvalue weighted by atomic mass is 10.1. The average molecular weight is 474 g/mol. The predicted octanol–water partition coefficient (Wildman–Crippen LogP) is 4.50. The van der Waals surface area contributed by atoms with E-state index in [4.69, 9.17) is 14.5 Å². The smallest absolute Gasteiger partial charge is 0.266 e. The van der Waals surface area contributed by atoms with Gasteiger partial charge in [0.15, 0.2) is 16.7 Å². The number of fused-ring (bicyclic) bond motifs is 2. The van der Waals surface area contributed by atoms with Crippen LogP contribution in [0.1, 0.15) is 11.1 Å². The summed E-state index contributed by atoms with van der Waals surface area (Å²) in [5, 5.41) is 3.89. The van der Waals surface area contributed by atoms with E-state index in [0.717, 1.165) is 16.8 Å². The van der Waals surface area contributed by atoms with E-state index >= 15 is 0 Å². The topological polar surface area (TPSA) is 82.5 Å². The van der Waals surface area contributed by atoms with E-state index in [2.05, 4.69) is 5.32 Å². The van der Waals surface area contributed by atoms with Crippen molar-refractivity contribution in [3.8, 4) is 17.2 Å². The first-order valence-electron chi connectivity index (χ1n) is 10.9. The standard InChI is InChI=1S/C26H23N3O4S/c1-16-7-8-17(2)21(13-16)29-25(31)19-5-3-4-6-20(19)28-26(29)34-15-24(30)27-18-9-10-22-23(14-18)33-12-11-32-22/h3-10,13-14H,11-12,15H2,1-2H3,(H,27,30). The number of rotatable bonds is 5. The fraction of sp³-hybridized carbons (Fsp3) is 0.192. The fourth-order valence-electron chi connectivity index (χ4n) is 3.83. The first kappa shape index (κ1) is 22.0. The van der Waals surface area contributed by atoms with Gasteiger partial charge in [0, 0.05) is 11.8 Å². The lowest BCUT2D eigenvalue weighted by Crippen LogP contribution is -2.23. The number of para-hydroxylation sites is 1. The van der Waals surface area contributed by atoms with Crippen molar-refractivity contribution in [1.29, 1.82) is 0 Å². The molecule has 1 aliphatic heterocycles. The zero-order valence-corrected chi connectivity index (χ0v) is 19.6. The van der Waals surface area contributed by atoms with Crippen molar-refractivity contribution in [2.24, 2.45) is 0 Å². The van der Waals surface area contributed by atoms with Crippen LogP contribution in [0.3, 0.4) is 0 Å². The van der Waals surface area contributed by atoms with Crippen molar-refractivity contribution in [2.75, 3.05) is 24.3 Å². The number of ether oxygens (including phenoxy) is 2. The second-order valence-corrected chi connectivity index (χ2v) is 8.98. The number of nitrogens with one attached hydrogen (secondary N) is 1. The highest BCUT2D eigenvalue weighted by molar-refractivity contribution is 7.99. The van der Waals surface area contributed by atoms with Gasteiger partial charge in [-0.3, -0.25) is 14.2 Å². The Kier molecular flexibility index (Phi) is 5.98. The molecular formula is C26H23N3O4S. The minimum Gasteiger partial charge on any atom is -0.486 e. The number of aromatic nitrogens is 2. The molecule has 8 heteroatoms. The van der Waals surface area contributed by atoms with Crippen LogP contribution in [0.4, 0.5) is 5.69 Å². The molecule has 0 saturated heterocycles. The van der Waals surface area contributed by atoms with Crippen LogP contribution in [0.5, 0.6) is 11.5 Å². The number of carbonyl (C=O) groups is 1. The van der Waals surface area contributed by atoms with Gasteiger partial charge in [0.05, 0.1) is 22.3 Å². The van der Waals surface area contributed by atoms with E-state index in [1.165, 1.54) is 11.8 Å². The third-order valence-electron chi connectivity index (χ3n) is 5.51. The summed E-state index contributed by atoms with van der Waals surface area (Å²) in [5.41, 5.74) is 3.81. The van der Waals surface area contributed by atoms with Gasteiger partial charge in [-0.15, -0.1) is 0 Å². The summed E-state index contributed by atoms with van der Waals surface area (Å²) >= 11 is 1.23. The first-order valence-corrected chi connectivity index (χ1v) is 11.9. The van der Waals surface area contributed by atoms with Crippen LogP contribution < -0.4 is 20.3 Å². The molecule has 1 aliphatic rings. The summed E-state index contributed by atoms with van der Waals surface area (Å²) in [5.74, 6) is 1.15. The molecule has 1 aromatic heterocycles. The van der Waals surface area contributed by atoms with Crippen LogP contribution in [-0.4, -0.2) is 34.4 Å². The maximum absolute atomic E-state index is 13.5. The van der Waals surface area contributed by atoms with Crippen LogP contribution in [0.25, 0.3) is 16.6 Å². The normalized spacial score (nSPS) is 12.5. The van der Waals surface area contributed by atoms with Gasteiger partial charge in [0.2, 0.25) is 5.91 Å². The third-order valence-corrected chi connectivity index (χ3v) is 6.45. The molecule has 2 heterocycles. The lowest BCUT2D eigenvalue weighted by Gasteiger charge is -2.19. The predicted molar refractivity (Wildman–Crippen MR) is 134 cm³/mol. The van der Waals surface area contributed by atoms with Crippen molar-refractivity contribution in [3.63, 3.8) is 0 Å². The zero-order chi connectivity index (χ0) is 23.7. The van der Waals surface area contributed by atoms with Crippen LogP contribution in [0, 0.1) is 13.8 Å². The molecule has 172 valence electrons. The Morgan fingerprint density at radius 2 is 1.82 bits per heavy atom. The van der Waals surface area contributed by atoms with Gasteiger partial charge < -0.3 is 14.8 Å². The summed E-state index contributed by atoms with van der Waals surface area (Å²) in [6.45, 7) is 4.93. The van der Waals surface area contributed by atoms with Crippen LogP contribution in [-0.2, 0) is 4.79 Å². The maximum atomic E-state index is 13.5. The number of carbonyl (C=O) groups excluding carboxylic acids is 1. The molecule has 0 fully saturated rings. The first-order chi connectivity index (χ1) is 16.5. The van der Waals surface area contributed by atoms with E-state index in [1.54, 1.807) is 28.8 Å². The van der Waals surface area contributed by atoms with Gasteiger partial charge in [0.25, 0.3) is 5.56 Å². The minimum absolute atomic E-state index is 0.0874. The maximum Gasteiger partial charge on any atom is 0.266 e. The molecular weight excluding hydrogens is 450 g/mol. The number of hydrogen-bond donors (Lipinski definition) is 1. The van der Waals surface area contributed by atoms with Gasteiger partial charge in [-0.1, -0.05) is 36.0 Å². The van der Waals surface area contributed by atoms with Gasteiger partial charge >= 0.3 is 0 Å². The van der Waals surface area contributed by atoms with E-state index in [-0.39, 0.29) is 17.2 Å². The molecule has 1 N–H and O–H groups in total. The number of aryl methyl sites for hydroxylation is 2. The highest BCUT2D eigenvalue weighted by Gasteiger charge is 2.17. The summed E-state index contributed by atoms with van der Waals surface area (Å²) < 4.78 is 12.7. The van der Waals surface area contributed by atoms with Crippen molar-refractivity contribution in [3.05, 3.63) is 82.1 Å². The van der Waals surface area contributed by atoms with Crippen molar-refractivity contribution in [2.45, 2.75) is 19.0 Å². The van der Waals surface area contributed by atoms with Gasteiger partial charge in [0.1, 0.15) is 13.2 Å². The average Bonchev–Trinajstić information content (AvgIpc) is 2.84. The molecule has 4 aromatic rings. The molecule has 0 radical (unpaired) electrons. The van der Waals surface area contributed by atoms with Crippen molar-refractivity contribution < 1.29 is 14.3 Å². The van der Waals surface area contributed by atoms with E-state index in [0.29, 0.717) is 46.5 Å². The molecule has 0 saturated carbocycles. The molecule has 5 rings (SSSR count). The Morgan fingerprint density at radius 1 is 1.03 bits per heavy atom. The highest BCUT2D eigenvalue weighted by Crippen LogP contribution is 2.32. The number of amides is 1. The van der Waals surface area contributed by atoms with Crippen LogP contribution in [0.15, 0.2) is 70.6 Å². The molecule has 3 aromatic carbocycles. The molecule has 0 unspecified atom stereocenters. The largest absolute Gasteiger partial charge is 0.486 e. The fourth-order valence-corrected chi connectivity index (χ4v) is 4.64. The Hall–Kier alpha value is -3.78. The molecule has 0 bridgehead atoms. The SMILES string of the molecule is Cc1ccc(C)c(-n2c(SCC(=O)Nc3ccc4c(c3)OCCO4)nc3ccccc3c2=O)c1. The molecule has 0 atom stereocenters. The quantitative estimate of drug-likeness (QED) is 0.339. The Labute approximate surface area is 200 Å². The number of thioether (sulfide) groups is 1. The van der Waals surface area contributed by atoms with E-state index in [9.17, 15) is 9.59 Å². The van der Waals surface area contributed by atoms with Crippen molar-refractivity contribution in [1.82, 2.24) is 9.55 Å². The summed E-state index contributed by atoms with van der Waals surface area (Å²) in [6, 6.07) is 18.5. The Balaban J connectivity index is 1.44. The number of benzene rings is 3. The molecule has 7 nitrogen and oxygen atoms in total. The number of anilines is 1. The van der Waals surface area contributed by atoms with Gasteiger partial charge in [-0.2, -0.15) is 0 Å². The number of nitrogens with zero attached hydrogens (tertiary/aromatic N) is 2. The third kappa shape index (κ3) is 4.36. The van der Waals surface area contributed by atoms with E-state index in [1.807, 2.05) is 50.2 Å². The van der Waals surface area contributed by atoms with Crippen LogP contribution in [0.2, 0.25) is 0 Å². The van der Waals surface area contributed by atoms with Crippen LogP contribution >= 0.6 is 11.8 Å². The Morgan fingerprint density at radius 3 is 2.68 bits per heavy atom. The molecule has 1 amide bonds. The number of hydrogen-bond acceptors (Lipinski definition) is 6. The second kappa shape index (κ2) is 9.23.